The van der Waals surface area contributed by atoms with Crippen molar-refractivity contribution in [3.8, 4) is 11.3 Å². The lowest BCUT2D eigenvalue weighted by Crippen LogP contribution is -2.52. The van der Waals surface area contributed by atoms with Gasteiger partial charge in [0, 0.05) is 38.2 Å². The highest BCUT2D eigenvalue weighted by Crippen LogP contribution is 2.26. The fraction of sp³-hybridized carbons (Fsp3) is 0.474. The van der Waals surface area contributed by atoms with E-state index in [-0.39, 0.29) is 5.91 Å². The number of hydrogen-bond donors (Lipinski definition) is 1. The summed E-state index contributed by atoms with van der Waals surface area (Å²) in [5, 5.41) is 2.63. The van der Waals surface area contributed by atoms with E-state index in [9.17, 15) is 13.6 Å². The fourth-order valence-corrected chi connectivity index (χ4v) is 3.55. The number of halogens is 2. The van der Waals surface area contributed by atoms with Gasteiger partial charge in [0.05, 0.1) is 25.3 Å². The second kappa shape index (κ2) is 7.36. The SMILES string of the molecule is O=C(C1CC(F)(F)CN1)N1CCN(Cc2ncc(-c3ccccc3)o2)CC1. The Labute approximate surface area is 156 Å². The van der Waals surface area contributed by atoms with E-state index in [1.807, 2.05) is 30.3 Å². The first-order chi connectivity index (χ1) is 13.0. The van der Waals surface area contributed by atoms with Crippen molar-refractivity contribution in [3.63, 3.8) is 0 Å². The van der Waals surface area contributed by atoms with Crippen LogP contribution in [0.5, 0.6) is 0 Å². The van der Waals surface area contributed by atoms with Crippen LogP contribution in [0.15, 0.2) is 40.9 Å². The Bertz CT molecular complexity index is 788. The lowest BCUT2D eigenvalue weighted by Gasteiger charge is -2.35. The third-order valence-electron chi connectivity index (χ3n) is 5.06. The maximum Gasteiger partial charge on any atom is 0.262 e. The van der Waals surface area contributed by atoms with Crippen LogP contribution in [0.3, 0.4) is 0 Å². The average molecular weight is 376 g/mol. The van der Waals surface area contributed by atoms with E-state index in [4.69, 9.17) is 4.42 Å². The lowest BCUT2D eigenvalue weighted by atomic mass is 10.1. The van der Waals surface area contributed by atoms with Gasteiger partial charge in [-0.05, 0) is 0 Å². The molecule has 1 aromatic heterocycles. The highest BCUT2D eigenvalue weighted by Gasteiger charge is 2.43. The molecule has 27 heavy (non-hydrogen) atoms. The molecule has 1 atom stereocenters. The normalized spacial score (nSPS) is 22.9. The van der Waals surface area contributed by atoms with Gasteiger partial charge in [-0.15, -0.1) is 0 Å². The molecular formula is C19H22F2N4O2. The summed E-state index contributed by atoms with van der Waals surface area (Å²) in [6.07, 6.45) is 1.31. The number of benzene rings is 1. The smallest absolute Gasteiger partial charge is 0.262 e. The average Bonchev–Trinajstić information content (AvgIpc) is 3.29. The molecule has 3 heterocycles. The van der Waals surface area contributed by atoms with Crippen molar-refractivity contribution in [1.82, 2.24) is 20.1 Å². The zero-order valence-electron chi connectivity index (χ0n) is 14.9. The van der Waals surface area contributed by atoms with Crippen LogP contribution in [0, 0.1) is 0 Å². The van der Waals surface area contributed by atoms with Gasteiger partial charge in [0.15, 0.2) is 5.76 Å². The zero-order chi connectivity index (χ0) is 18.9. The van der Waals surface area contributed by atoms with Gasteiger partial charge in [-0.3, -0.25) is 15.0 Å². The number of alkyl halides is 2. The molecule has 0 bridgehead atoms. The molecule has 4 rings (SSSR count). The number of oxazole rings is 1. The third kappa shape index (κ3) is 4.17. The van der Waals surface area contributed by atoms with E-state index < -0.39 is 24.9 Å². The Morgan fingerprint density at radius 1 is 1.22 bits per heavy atom. The lowest BCUT2D eigenvalue weighted by molar-refractivity contribution is -0.135. The summed E-state index contributed by atoms with van der Waals surface area (Å²) in [7, 11) is 0. The molecule has 8 heteroatoms. The van der Waals surface area contributed by atoms with Crippen molar-refractivity contribution in [1.29, 1.82) is 0 Å². The zero-order valence-corrected chi connectivity index (χ0v) is 14.9. The van der Waals surface area contributed by atoms with Crippen molar-refractivity contribution in [2.45, 2.75) is 24.9 Å². The summed E-state index contributed by atoms with van der Waals surface area (Å²) in [5.41, 5.74) is 0.979. The molecule has 2 fully saturated rings. The maximum atomic E-state index is 13.3. The molecule has 1 unspecified atom stereocenters. The van der Waals surface area contributed by atoms with Crippen LogP contribution in [0.2, 0.25) is 0 Å². The molecule has 0 spiro atoms. The molecule has 0 radical (unpaired) electrons. The summed E-state index contributed by atoms with van der Waals surface area (Å²) in [6, 6.07) is 9.01. The molecule has 2 aliphatic heterocycles. The topological polar surface area (TPSA) is 61.6 Å². The summed E-state index contributed by atoms with van der Waals surface area (Å²) in [4.78, 5) is 20.6. The van der Waals surface area contributed by atoms with Gasteiger partial charge in [0.25, 0.3) is 5.92 Å². The first kappa shape index (κ1) is 18.1. The molecule has 2 saturated heterocycles. The predicted molar refractivity (Wildman–Crippen MR) is 95.2 cm³/mol. The number of rotatable bonds is 4. The minimum absolute atomic E-state index is 0.227. The second-order valence-electron chi connectivity index (χ2n) is 7.08. The first-order valence-electron chi connectivity index (χ1n) is 9.13. The van der Waals surface area contributed by atoms with Crippen LogP contribution in [0.1, 0.15) is 12.3 Å². The van der Waals surface area contributed by atoms with E-state index in [1.54, 1.807) is 11.1 Å². The summed E-state index contributed by atoms with van der Waals surface area (Å²) in [5.74, 6) is -1.66. The summed E-state index contributed by atoms with van der Waals surface area (Å²) >= 11 is 0. The fourth-order valence-electron chi connectivity index (χ4n) is 3.55. The van der Waals surface area contributed by atoms with Gasteiger partial charge >= 0.3 is 0 Å². The highest BCUT2D eigenvalue weighted by molar-refractivity contribution is 5.82. The minimum Gasteiger partial charge on any atom is -0.439 e. The first-order valence-corrected chi connectivity index (χ1v) is 9.13. The van der Waals surface area contributed by atoms with E-state index in [1.165, 1.54) is 0 Å². The minimum atomic E-state index is -2.79. The largest absolute Gasteiger partial charge is 0.439 e. The molecule has 2 aliphatic rings. The number of aromatic nitrogens is 1. The Balaban J connectivity index is 1.29. The summed E-state index contributed by atoms with van der Waals surface area (Å²) in [6.45, 7) is 2.52. The van der Waals surface area contributed by atoms with Crippen LogP contribution in [-0.2, 0) is 11.3 Å². The van der Waals surface area contributed by atoms with Gasteiger partial charge in [0.1, 0.15) is 0 Å². The number of hydrogen-bond acceptors (Lipinski definition) is 5. The number of nitrogens with zero attached hydrogens (tertiary/aromatic N) is 3. The van der Waals surface area contributed by atoms with Gasteiger partial charge in [-0.25, -0.2) is 13.8 Å². The van der Waals surface area contributed by atoms with Crippen molar-refractivity contribution in [2.75, 3.05) is 32.7 Å². The number of piperazine rings is 1. The molecular weight excluding hydrogens is 354 g/mol. The number of amides is 1. The maximum absolute atomic E-state index is 13.3. The molecule has 144 valence electrons. The standard InChI is InChI=1S/C19H22F2N4O2/c20-19(21)10-15(23-13-19)18(26)25-8-6-24(7-9-25)12-17-22-11-16(27-17)14-4-2-1-3-5-14/h1-5,11,15,23H,6-10,12-13H2. The summed E-state index contributed by atoms with van der Waals surface area (Å²) < 4.78 is 32.4. The van der Waals surface area contributed by atoms with Crippen LogP contribution in [-0.4, -0.2) is 65.4 Å². The van der Waals surface area contributed by atoms with Crippen molar-refractivity contribution >= 4 is 5.91 Å². The van der Waals surface area contributed by atoms with Crippen molar-refractivity contribution < 1.29 is 18.0 Å². The second-order valence-corrected chi connectivity index (χ2v) is 7.08. The van der Waals surface area contributed by atoms with Crippen molar-refractivity contribution in [3.05, 3.63) is 42.4 Å². The van der Waals surface area contributed by atoms with Crippen LogP contribution in [0.4, 0.5) is 8.78 Å². The van der Waals surface area contributed by atoms with Gasteiger partial charge in [0.2, 0.25) is 11.8 Å². The van der Waals surface area contributed by atoms with E-state index in [2.05, 4.69) is 15.2 Å². The molecule has 0 aliphatic carbocycles. The molecule has 1 amide bonds. The van der Waals surface area contributed by atoms with E-state index in [0.29, 0.717) is 38.6 Å². The Hall–Kier alpha value is -2.32. The van der Waals surface area contributed by atoms with Crippen LogP contribution < -0.4 is 5.32 Å². The Morgan fingerprint density at radius 3 is 2.63 bits per heavy atom. The van der Waals surface area contributed by atoms with Crippen LogP contribution >= 0.6 is 0 Å². The van der Waals surface area contributed by atoms with Gasteiger partial charge < -0.3 is 9.32 Å². The van der Waals surface area contributed by atoms with E-state index >= 15 is 0 Å². The van der Waals surface area contributed by atoms with Crippen molar-refractivity contribution in [2.24, 2.45) is 0 Å². The number of nitrogens with one attached hydrogen (secondary N) is 1. The molecule has 2 aromatic rings. The Kier molecular flexibility index (Phi) is 4.92. The molecule has 1 aromatic carbocycles. The number of carbonyl (C=O) groups is 1. The Morgan fingerprint density at radius 2 is 1.96 bits per heavy atom. The van der Waals surface area contributed by atoms with E-state index in [0.717, 1.165) is 11.3 Å². The van der Waals surface area contributed by atoms with Gasteiger partial charge in [-0.2, -0.15) is 0 Å². The monoisotopic (exact) mass is 376 g/mol. The number of carbonyl (C=O) groups excluding carboxylic acids is 1. The van der Waals surface area contributed by atoms with Gasteiger partial charge in [-0.1, -0.05) is 30.3 Å². The highest BCUT2D eigenvalue weighted by atomic mass is 19.3. The molecule has 0 saturated carbocycles. The molecule has 6 nitrogen and oxygen atoms in total. The third-order valence-corrected chi connectivity index (χ3v) is 5.06. The predicted octanol–water partition coefficient (Wildman–Crippen LogP) is 1.98. The molecule has 1 N–H and O–H groups in total. The quantitative estimate of drug-likeness (QED) is 0.884. The van der Waals surface area contributed by atoms with Crippen LogP contribution in [0.25, 0.3) is 11.3 Å².